The third-order valence-corrected chi connectivity index (χ3v) is 3.66. The van der Waals surface area contributed by atoms with E-state index in [1.807, 2.05) is 0 Å². The van der Waals surface area contributed by atoms with Crippen LogP contribution in [0.15, 0.2) is 30.9 Å². The van der Waals surface area contributed by atoms with Gasteiger partial charge in [-0.3, -0.25) is 10.1 Å². The molecule has 0 aromatic carbocycles. The summed E-state index contributed by atoms with van der Waals surface area (Å²) in [5.41, 5.74) is 0.940. The minimum Gasteiger partial charge on any atom is -0.265 e. The molecule has 0 fully saturated rings. The van der Waals surface area contributed by atoms with E-state index in [-0.39, 0.29) is 12.3 Å². The minimum absolute atomic E-state index is 0.0329. The van der Waals surface area contributed by atoms with Gasteiger partial charge in [-0.2, -0.15) is 5.10 Å². The second kappa shape index (κ2) is 5.69. The van der Waals surface area contributed by atoms with E-state index in [0.717, 1.165) is 5.56 Å². The molecule has 0 aliphatic carbocycles. The SMILES string of the molecule is O=S(=O)(CCc1ccncc1)NCc1ncn[nH]1. The zero-order valence-electron chi connectivity index (χ0n) is 9.57. The molecule has 2 aromatic rings. The van der Waals surface area contributed by atoms with Gasteiger partial charge in [0.2, 0.25) is 10.0 Å². The normalized spacial score (nSPS) is 11.6. The van der Waals surface area contributed by atoms with Crippen LogP contribution in [-0.4, -0.2) is 34.3 Å². The molecule has 7 nitrogen and oxygen atoms in total. The highest BCUT2D eigenvalue weighted by Crippen LogP contribution is 2.00. The van der Waals surface area contributed by atoms with Crippen LogP contribution in [-0.2, 0) is 23.0 Å². The minimum atomic E-state index is -3.31. The van der Waals surface area contributed by atoms with E-state index in [9.17, 15) is 8.42 Å². The first kappa shape index (κ1) is 12.7. The predicted octanol–water partition coefficient (Wildman–Crippen LogP) is -0.138. The van der Waals surface area contributed by atoms with Crippen molar-refractivity contribution >= 4 is 10.0 Å². The van der Waals surface area contributed by atoms with Crippen molar-refractivity contribution in [3.8, 4) is 0 Å². The van der Waals surface area contributed by atoms with Crippen molar-refractivity contribution in [1.29, 1.82) is 0 Å². The Balaban J connectivity index is 1.84. The first-order valence-corrected chi connectivity index (χ1v) is 7.01. The van der Waals surface area contributed by atoms with E-state index in [1.165, 1.54) is 6.33 Å². The molecule has 0 aliphatic heterocycles. The molecule has 8 heteroatoms. The molecule has 0 spiro atoms. The number of H-pyrrole nitrogens is 1. The van der Waals surface area contributed by atoms with Crippen molar-refractivity contribution in [3.63, 3.8) is 0 Å². The zero-order valence-corrected chi connectivity index (χ0v) is 10.4. The Kier molecular flexibility index (Phi) is 4.00. The average Bonchev–Trinajstić information content (AvgIpc) is 2.89. The van der Waals surface area contributed by atoms with Crippen molar-refractivity contribution in [3.05, 3.63) is 42.2 Å². The quantitative estimate of drug-likeness (QED) is 0.758. The second-order valence-corrected chi connectivity index (χ2v) is 5.60. The number of aromatic nitrogens is 4. The monoisotopic (exact) mass is 267 g/mol. The lowest BCUT2D eigenvalue weighted by molar-refractivity contribution is 0.578. The average molecular weight is 267 g/mol. The standard InChI is InChI=1S/C10H13N5O2S/c16-18(17,14-7-10-12-8-13-15-10)6-3-9-1-4-11-5-2-9/h1-2,4-5,8,14H,3,6-7H2,(H,12,13,15). The molecule has 0 unspecified atom stereocenters. The topological polar surface area (TPSA) is 101 Å². The van der Waals surface area contributed by atoms with Crippen molar-refractivity contribution < 1.29 is 8.42 Å². The Labute approximate surface area is 105 Å². The van der Waals surface area contributed by atoms with E-state index in [4.69, 9.17) is 0 Å². The Bertz CT molecular complexity index is 568. The van der Waals surface area contributed by atoms with E-state index >= 15 is 0 Å². The van der Waals surface area contributed by atoms with E-state index in [2.05, 4.69) is 24.9 Å². The van der Waals surface area contributed by atoms with Gasteiger partial charge < -0.3 is 0 Å². The van der Waals surface area contributed by atoms with Gasteiger partial charge >= 0.3 is 0 Å². The molecule has 2 N–H and O–H groups in total. The van der Waals surface area contributed by atoms with Gasteiger partial charge in [0.1, 0.15) is 12.2 Å². The fourth-order valence-corrected chi connectivity index (χ4v) is 2.37. The van der Waals surface area contributed by atoms with Gasteiger partial charge in [-0.1, -0.05) is 0 Å². The number of rotatable bonds is 6. The molecule has 0 atom stereocenters. The van der Waals surface area contributed by atoms with Crippen LogP contribution in [0.3, 0.4) is 0 Å². The lowest BCUT2D eigenvalue weighted by Crippen LogP contribution is -2.27. The number of hydrogen-bond acceptors (Lipinski definition) is 5. The van der Waals surface area contributed by atoms with Crippen molar-refractivity contribution in [2.24, 2.45) is 0 Å². The van der Waals surface area contributed by atoms with Gasteiger partial charge in [0.15, 0.2) is 0 Å². The number of aromatic amines is 1. The summed E-state index contributed by atoms with van der Waals surface area (Å²) in [5, 5.41) is 6.23. The molecular formula is C10H13N5O2S. The third-order valence-electron chi connectivity index (χ3n) is 2.33. The third kappa shape index (κ3) is 3.90. The summed E-state index contributed by atoms with van der Waals surface area (Å²) < 4.78 is 25.9. The van der Waals surface area contributed by atoms with Crippen LogP contribution in [0.1, 0.15) is 11.4 Å². The van der Waals surface area contributed by atoms with Crippen LogP contribution >= 0.6 is 0 Å². The maximum Gasteiger partial charge on any atom is 0.212 e. The summed E-state index contributed by atoms with van der Waals surface area (Å²) in [5.74, 6) is 0.521. The molecule has 2 rings (SSSR count). The van der Waals surface area contributed by atoms with Gasteiger partial charge in [0.25, 0.3) is 0 Å². The van der Waals surface area contributed by atoms with Crippen molar-refractivity contribution in [2.45, 2.75) is 13.0 Å². The second-order valence-electron chi connectivity index (χ2n) is 3.68. The fourth-order valence-electron chi connectivity index (χ4n) is 1.37. The van der Waals surface area contributed by atoms with Crippen LogP contribution in [0.25, 0.3) is 0 Å². The highest BCUT2D eigenvalue weighted by Gasteiger charge is 2.10. The summed E-state index contributed by atoms with van der Waals surface area (Å²) in [6.07, 6.45) is 5.07. The number of nitrogens with zero attached hydrogens (tertiary/aromatic N) is 3. The van der Waals surface area contributed by atoms with Crippen LogP contribution in [0.2, 0.25) is 0 Å². The van der Waals surface area contributed by atoms with Gasteiger partial charge in [0, 0.05) is 12.4 Å². The molecule has 2 aromatic heterocycles. The molecule has 0 saturated heterocycles. The molecule has 96 valence electrons. The smallest absolute Gasteiger partial charge is 0.212 e. The maximum absolute atomic E-state index is 11.7. The zero-order chi connectivity index (χ0) is 12.8. The summed E-state index contributed by atoms with van der Waals surface area (Å²) in [6.45, 7) is 0.124. The largest absolute Gasteiger partial charge is 0.265 e. The Morgan fingerprint density at radius 3 is 2.72 bits per heavy atom. The van der Waals surface area contributed by atoms with Crippen LogP contribution in [0, 0.1) is 0 Å². The molecule has 0 amide bonds. The molecule has 0 saturated carbocycles. The predicted molar refractivity (Wildman–Crippen MR) is 65.0 cm³/mol. The first-order chi connectivity index (χ1) is 8.66. The maximum atomic E-state index is 11.7. The number of sulfonamides is 1. The van der Waals surface area contributed by atoms with Crippen molar-refractivity contribution in [1.82, 2.24) is 24.9 Å². The van der Waals surface area contributed by atoms with Crippen molar-refractivity contribution in [2.75, 3.05) is 5.75 Å². The Morgan fingerprint density at radius 1 is 1.28 bits per heavy atom. The molecule has 18 heavy (non-hydrogen) atoms. The van der Waals surface area contributed by atoms with E-state index < -0.39 is 10.0 Å². The highest BCUT2D eigenvalue weighted by atomic mass is 32.2. The van der Waals surface area contributed by atoms with E-state index in [0.29, 0.717) is 12.2 Å². The Hall–Kier alpha value is -1.80. The van der Waals surface area contributed by atoms with Crippen LogP contribution in [0.4, 0.5) is 0 Å². The summed E-state index contributed by atoms with van der Waals surface area (Å²) in [4.78, 5) is 7.71. The van der Waals surface area contributed by atoms with Gasteiger partial charge in [0.05, 0.1) is 12.3 Å². The van der Waals surface area contributed by atoms with Crippen LogP contribution < -0.4 is 4.72 Å². The summed E-state index contributed by atoms with van der Waals surface area (Å²) in [6, 6.07) is 3.60. The van der Waals surface area contributed by atoms with Gasteiger partial charge in [-0.15, -0.1) is 0 Å². The lowest BCUT2D eigenvalue weighted by Gasteiger charge is -2.05. The summed E-state index contributed by atoms with van der Waals surface area (Å²) in [7, 11) is -3.31. The molecule has 0 radical (unpaired) electrons. The number of aryl methyl sites for hydroxylation is 1. The van der Waals surface area contributed by atoms with Gasteiger partial charge in [-0.05, 0) is 24.1 Å². The molecular weight excluding hydrogens is 254 g/mol. The molecule has 0 bridgehead atoms. The Morgan fingerprint density at radius 2 is 2.06 bits per heavy atom. The number of pyridine rings is 1. The van der Waals surface area contributed by atoms with Gasteiger partial charge in [-0.25, -0.2) is 18.1 Å². The highest BCUT2D eigenvalue weighted by molar-refractivity contribution is 7.89. The fraction of sp³-hybridized carbons (Fsp3) is 0.300. The van der Waals surface area contributed by atoms with Crippen LogP contribution in [0.5, 0.6) is 0 Å². The molecule has 0 aliphatic rings. The first-order valence-electron chi connectivity index (χ1n) is 5.36. The van der Waals surface area contributed by atoms with E-state index in [1.54, 1.807) is 24.5 Å². The molecule has 2 heterocycles. The lowest BCUT2D eigenvalue weighted by atomic mass is 10.2. The summed E-state index contributed by atoms with van der Waals surface area (Å²) >= 11 is 0. The number of nitrogens with one attached hydrogen (secondary N) is 2. The number of hydrogen-bond donors (Lipinski definition) is 2.